The topological polar surface area (TPSA) is 43.4 Å². The fourth-order valence-electron chi connectivity index (χ4n) is 1.84. The molecule has 1 aromatic rings. The van der Waals surface area contributed by atoms with E-state index < -0.39 is 11.4 Å². The summed E-state index contributed by atoms with van der Waals surface area (Å²) in [5, 5.41) is 1.88. The fraction of sp³-hybridized carbons (Fsp3) is 0.455. The number of carbonyl (C=O) groups is 2. The van der Waals surface area contributed by atoms with Gasteiger partial charge in [-0.25, -0.2) is 0 Å². The lowest BCUT2D eigenvalue weighted by Crippen LogP contribution is -2.35. The van der Waals surface area contributed by atoms with Gasteiger partial charge in [-0.1, -0.05) is 0 Å². The summed E-state index contributed by atoms with van der Waals surface area (Å²) >= 11 is 1.40. The van der Waals surface area contributed by atoms with Crippen LogP contribution in [0.2, 0.25) is 0 Å². The third-order valence-electron chi connectivity index (χ3n) is 2.72. The van der Waals surface area contributed by atoms with Crippen molar-refractivity contribution < 1.29 is 14.3 Å². The highest BCUT2D eigenvalue weighted by Crippen LogP contribution is 2.40. The lowest BCUT2D eigenvalue weighted by molar-refractivity contribution is -0.151. The summed E-state index contributed by atoms with van der Waals surface area (Å²) in [5.41, 5.74) is -0.0149. The quantitative estimate of drug-likeness (QED) is 0.570. The van der Waals surface area contributed by atoms with Crippen molar-refractivity contribution >= 4 is 23.1 Å². The van der Waals surface area contributed by atoms with Crippen LogP contribution in [0.1, 0.15) is 29.1 Å². The van der Waals surface area contributed by atoms with Crippen molar-refractivity contribution in [1.29, 1.82) is 0 Å². The molecule has 0 bridgehead atoms. The largest absolute Gasteiger partial charge is 0.465 e. The molecule has 1 unspecified atom stereocenters. The lowest BCUT2D eigenvalue weighted by Gasteiger charge is -2.19. The molecule has 0 N–H and O–H groups in total. The van der Waals surface area contributed by atoms with E-state index in [0.29, 0.717) is 17.9 Å². The molecule has 1 heterocycles. The number of rotatable bonds is 2. The highest BCUT2D eigenvalue weighted by Gasteiger charge is 2.49. The summed E-state index contributed by atoms with van der Waals surface area (Å²) in [4.78, 5) is 24.4. The third-order valence-corrected chi connectivity index (χ3v) is 3.68. The van der Waals surface area contributed by atoms with Gasteiger partial charge in [-0.15, -0.1) is 11.3 Å². The molecule has 0 radical (unpaired) electrons. The van der Waals surface area contributed by atoms with Gasteiger partial charge in [0.25, 0.3) is 0 Å². The highest BCUT2D eigenvalue weighted by atomic mass is 32.1. The summed E-state index contributed by atoms with van der Waals surface area (Å²) in [6, 6.07) is 1.91. The second kappa shape index (κ2) is 3.45. The molecular formula is C11H12O3S. The zero-order valence-corrected chi connectivity index (χ0v) is 9.52. The normalized spacial score (nSPS) is 24.0. The average Bonchev–Trinajstić information content (AvgIpc) is 2.72. The second-order valence-electron chi connectivity index (χ2n) is 3.83. The van der Waals surface area contributed by atoms with Crippen molar-refractivity contribution in [3.05, 3.63) is 21.9 Å². The van der Waals surface area contributed by atoms with Gasteiger partial charge in [0, 0.05) is 0 Å². The number of hydrogen-bond donors (Lipinski definition) is 0. The smallest absolute Gasteiger partial charge is 0.320 e. The molecule has 0 aromatic carbocycles. The predicted molar refractivity (Wildman–Crippen MR) is 57.1 cm³/mol. The van der Waals surface area contributed by atoms with Gasteiger partial charge in [-0.05, 0) is 37.3 Å². The zero-order valence-electron chi connectivity index (χ0n) is 8.70. The molecule has 1 aliphatic rings. The van der Waals surface area contributed by atoms with Crippen LogP contribution in [0.15, 0.2) is 11.4 Å². The van der Waals surface area contributed by atoms with Gasteiger partial charge in [0.05, 0.1) is 11.5 Å². The number of thiophene rings is 1. The monoisotopic (exact) mass is 224 g/mol. The summed E-state index contributed by atoms with van der Waals surface area (Å²) in [7, 11) is 0. The number of fused-ring (bicyclic) bond motifs is 1. The Labute approximate surface area is 92.1 Å². The van der Waals surface area contributed by atoms with Crippen LogP contribution in [-0.2, 0) is 16.0 Å². The molecule has 80 valence electrons. The van der Waals surface area contributed by atoms with E-state index in [1.54, 1.807) is 13.8 Å². The van der Waals surface area contributed by atoms with Crippen LogP contribution >= 0.6 is 11.3 Å². The number of carbonyl (C=O) groups excluding carboxylic acids is 2. The maximum Gasteiger partial charge on any atom is 0.320 e. The molecule has 3 nitrogen and oxygen atoms in total. The number of hydrogen-bond acceptors (Lipinski definition) is 4. The van der Waals surface area contributed by atoms with Gasteiger partial charge >= 0.3 is 5.97 Å². The molecule has 4 heteroatoms. The third kappa shape index (κ3) is 1.40. The Morgan fingerprint density at radius 3 is 3.00 bits per heavy atom. The van der Waals surface area contributed by atoms with Crippen LogP contribution in [0, 0.1) is 5.41 Å². The van der Waals surface area contributed by atoms with Gasteiger partial charge in [-0.2, -0.15) is 0 Å². The van der Waals surface area contributed by atoms with Crippen LogP contribution < -0.4 is 0 Å². The SMILES string of the molecule is CCOC(=O)C1(C)Cc2ccsc2C1=O. The highest BCUT2D eigenvalue weighted by molar-refractivity contribution is 7.12. The Hall–Kier alpha value is -1.16. The van der Waals surface area contributed by atoms with Gasteiger partial charge < -0.3 is 4.74 Å². The molecule has 0 saturated heterocycles. The Balaban J connectivity index is 2.31. The molecule has 1 aliphatic carbocycles. The molecule has 0 saturated carbocycles. The van der Waals surface area contributed by atoms with Gasteiger partial charge in [-0.3, -0.25) is 9.59 Å². The van der Waals surface area contributed by atoms with E-state index >= 15 is 0 Å². The van der Waals surface area contributed by atoms with Crippen LogP contribution in [0.5, 0.6) is 0 Å². The lowest BCUT2D eigenvalue weighted by atomic mass is 9.87. The Morgan fingerprint density at radius 1 is 1.67 bits per heavy atom. The molecule has 0 spiro atoms. The summed E-state index contributed by atoms with van der Waals surface area (Å²) in [6.45, 7) is 3.73. The van der Waals surface area contributed by atoms with E-state index in [0.717, 1.165) is 5.56 Å². The Morgan fingerprint density at radius 2 is 2.40 bits per heavy atom. The minimum absolute atomic E-state index is 0.0917. The Bertz CT molecular complexity index is 421. The molecule has 0 fully saturated rings. The summed E-state index contributed by atoms with van der Waals surface area (Å²) < 4.78 is 4.94. The van der Waals surface area contributed by atoms with Crippen LogP contribution in [-0.4, -0.2) is 18.4 Å². The van der Waals surface area contributed by atoms with Gasteiger partial charge in [0.1, 0.15) is 5.41 Å². The first-order valence-corrected chi connectivity index (χ1v) is 5.76. The van der Waals surface area contributed by atoms with Crippen molar-refractivity contribution in [3.8, 4) is 0 Å². The van der Waals surface area contributed by atoms with Crippen molar-refractivity contribution in [2.24, 2.45) is 5.41 Å². The van der Waals surface area contributed by atoms with E-state index in [-0.39, 0.29) is 5.78 Å². The number of esters is 1. The number of ketones is 1. The average molecular weight is 224 g/mol. The predicted octanol–water partition coefficient (Wildman–Crippen LogP) is 2.06. The zero-order chi connectivity index (χ0) is 11.1. The standard InChI is InChI=1S/C11H12O3S/c1-3-14-10(13)11(2)6-7-4-5-15-8(7)9(11)12/h4-5H,3,6H2,1-2H3. The van der Waals surface area contributed by atoms with E-state index in [1.165, 1.54) is 11.3 Å². The summed E-state index contributed by atoms with van der Waals surface area (Å²) in [5.74, 6) is -0.496. The number of Topliss-reactive ketones (excluding diaryl/α,β-unsaturated/α-hetero) is 1. The molecule has 2 rings (SSSR count). The first-order chi connectivity index (χ1) is 7.09. The van der Waals surface area contributed by atoms with Crippen LogP contribution in [0.25, 0.3) is 0 Å². The maximum atomic E-state index is 12.0. The fourth-order valence-corrected chi connectivity index (χ4v) is 2.83. The minimum Gasteiger partial charge on any atom is -0.465 e. The van der Waals surface area contributed by atoms with E-state index in [9.17, 15) is 9.59 Å². The van der Waals surface area contributed by atoms with Crippen molar-refractivity contribution in [2.45, 2.75) is 20.3 Å². The van der Waals surface area contributed by atoms with Gasteiger partial charge in [0.15, 0.2) is 5.78 Å². The summed E-state index contributed by atoms with van der Waals surface area (Å²) in [6.07, 6.45) is 0.476. The van der Waals surface area contributed by atoms with Gasteiger partial charge in [0.2, 0.25) is 0 Å². The Kier molecular flexibility index (Phi) is 2.38. The van der Waals surface area contributed by atoms with Crippen molar-refractivity contribution in [2.75, 3.05) is 6.61 Å². The molecule has 1 aromatic heterocycles. The molecule has 15 heavy (non-hydrogen) atoms. The molecule has 0 aliphatic heterocycles. The van der Waals surface area contributed by atoms with Crippen molar-refractivity contribution in [3.63, 3.8) is 0 Å². The maximum absolute atomic E-state index is 12.0. The second-order valence-corrected chi connectivity index (χ2v) is 4.75. The first kappa shape index (κ1) is 10.4. The molecular weight excluding hydrogens is 212 g/mol. The number of ether oxygens (including phenoxy) is 1. The van der Waals surface area contributed by atoms with Crippen LogP contribution in [0.3, 0.4) is 0 Å². The van der Waals surface area contributed by atoms with E-state index in [4.69, 9.17) is 4.74 Å². The minimum atomic E-state index is -0.988. The van der Waals surface area contributed by atoms with E-state index in [2.05, 4.69) is 0 Å². The van der Waals surface area contributed by atoms with E-state index in [1.807, 2.05) is 11.4 Å². The van der Waals surface area contributed by atoms with Crippen molar-refractivity contribution in [1.82, 2.24) is 0 Å². The molecule has 1 atom stereocenters. The van der Waals surface area contributed by atoms with Crippen LogP contribution in [0.4, 0.5) is 0 Å². The first-order valence-electron chi connectivity index (χ1n) is 4.88. The molecule has 0 amide bonds.